The summed E-state index contributed by atoms with van der Waals surface area (Å²) in [5.74, 6) is 0. The largest absolute Gasteiger partial charge is 0.338 e. The molecule has 0 bridgehead atoms. The number of urea groups is 2. The van der Waals surface area contributed by atoms with Gasteiger partial charge in [0.1, 0.15) is 0 Å². The summed E-state index contributed by atoms with van der Waals surface area (Å²) < 4.78 is 2.10. The number of aryl methyl sites for hydroxylation is 1. The first-order chi connectivity index (χ1) is 17.5. The van der Waals surface area contributed by atoms with Crippen molar-refractivity contribution >= 4 is 28.7 Å². The maximum Gasteiger partial charge on any atom is 0.321 e. The summed E-state index contributed by atoms with van der Waals surface area (Å²) >= 11 is 0. The van der Waals surface area contributed by atoms with Crippen LogP contribution in [-0.4, -0.2) is 69.4 Å². The van der Waals surface area contributed by atoms with Gasteiger partial charge in [-0.05, 0) is 63.3 Å². The van der Waals surface area contributed by atoms with E-state index in [1.165, 1.54) is 12.1 Å². The van der Waals surface area contributed by atoms with E-state index in [9.17, 15) is 9.59 Å². The number of pyridine rings is 1. The molecule has 1 aromatic carbocycles. The minimum Gasteiger partial charge on any atom is -0.338 e. The first kappa shape index (κ1) is 22.8. The van der Waals surface area contributed by atoms with Gasteiger partial charge in [-0.3, -0.25) is 9.67 Å². The zero-order valence-corrected chi connectivity index (χ0v) is 21.0. The van der Waals surface area contributed by atoms with Gasteiger partial charge in [0, 0.05) is 67.5 Å². The van der Waals surface area contributed by atoms with Crippen molar-refractivity contribution in [2.45, 2.75) is 57.0 Å². The van der Waals surface area contributed by atoms with Crippen molar-refractivity contribution in [2.75, 3.05) is 32.0 Å². The van der Waals surface area contributed by atoms with E-state index < -0.39 is 0 Å². The number of carbonyl (C=O) groups is 2. The highest BCUT2D eigenvalue weighted by Gasteiger charge is 2.46. The van der Waals surface area contributed by atoms with Crippen LogP contribution in [0.5, 0.6) is 0 Å². The topological polar surface area (TPSA) is 95.4 Å². The van der Waals surface area contributed by atoms with E-state index in [-0.39, 0.29) is 17.5 Å². The molecule has 3 aromatic rings. The number of benzene rings is 1. The van der Waals surface area contributed by atoms with Gasteiger partial charge in [-0.2, -0.15) is 5.10 Å². The van der Waals surface area contributed by atoms with Gasteiger partial charge in [-0.1, -0.05) is 6.07 Å². The Morgan fingerprint density at radius 3 is 2.81 bits per heavy atom. The third-order valence-electron chi connectivity index (χ3n) is 8.30. The average molecular weight is 488 g/mol. The van der Waals surface area contributed by atoms with Gasteiger partial charge in [0.2, 0.25) is 0 Å². The summed E-state index contributed by atoms with van der Waals surface area (Å²) in [5, 5.41) is 11.8. The highest BCUT2D eigenvalue weighted by atomic mass is 16.2. The Balaban J connectivity index is 1.27. The molecule has 3 aliphatic rings. The van der Waals surface area contributed by atoms with Crippen LogP contribution in [0.4, 0.5) is 15.3 Å². The second-order valence-corrected chi connectivity index (χ2v) is 10.4. The molecule has 6 rings (SSSR count). The maximum atomic E-state index is 12.8. The molecule has 2 aliphatic heterocycles. The van der Waals surface area contributed by atoms with Crippen LogP contribution < -0.4 is 10.6 Å². The normalized spacial score (nSPS) is 21.0. The number of amides is 4. The predicted octanol–water partition coefficient (Wildman–Crippen LogP) is 4.19. The van der Waals surface area contributed by atoms with Crippen LogP contribution in [0.2, 0.25) is 0 Å². The molecule has 1 spiro atoms. The molecule has 9 nitrogen and oxygen atoms in total. The minimum atomic E-state index is -0.0848. The standard InChI is InChI=1S/C27H33N7O2/c1-3-28-25(35)33-12-10-27(17-33)11-13-34-24(27)15-23(31-34)18-14-20-21(29-16-18)8-5-9-22(20)30-26(36)32(2)19-6-4-7-19/h5,8-9,14-16,19H,3-4,6-7,10-13,17H2,1-2H3,(H,28,35)(H,30,36). The lowest BCUT2D eigenvalue weighted by molar-refractivity contribution is 0.169. The summed E-state index contributed by atoms with van der Waals surface area (Å²) in [6.45, 7) is 4.93. The van der Waals surface area contributed by atoms with Gasteiger partial charge in [0.15, 0.2) is 0 Å². The third-order valence-corrected chi connectivity index (χ3v) is 8.30. The van der Waals surface area contributed by atoms with Gasteiger partial charge in [-0.15, -0.1) is 0 Å². The minimum absolute atomic E-state index is 0.0174. The number of hydrogen-bond acceptors (Lipinski definition) is 4. The van der Waals surface area contributed by atoms with E-state index in [0.717, 1.165) is 73.2 Å². The lowest BCUT2D eigenvalue weighted by atomic mass is 9.82. The highest BCUT2D eigenvalue weighted by molar-refractivity contribution is 6.01. The van der Waals surface area contributed by atoms with Crippen LogP contribution in [0.3, 0.4) is 0 Å². The predicted molar refractivity (Wildman–Crippen MR) is 139 cm³/mol. The molecule has 2 fully saturated rings. The van der Waals surface area contributed by atoms with Crippen molar-refractivity contribution in [3.63, 3.8) is 0 Å². The summed E-state index contributed by atoms with van der Waals surface area (Å²) in [7, 11) is 1.87. The van der Waals surface area contributed by atoms with Gasteiger partial charge >= 0.3 is 12.1 Å². The number of nitrogens with one attached hydrogen (secondary N) is 2. The number of likely N-dealkylation sites (tertiary alicyclic amines) is 1. The number of aromatic nitrogens is 3. The Morgan fingerprint density at radius 1 is 1.19 bits per heavy atom. The van der Waals surface area contributed by atoms with Crippen molar-refractivity contribution in [1.29, 1.82) is 0 Å². The van der Waals surface area contributed by atoms with Gasteiger partial charge < -0.3 is 20.4 Å². The summed E-state index contributed by atoms with van der Waals surface area (Å²) in [6, 6.07) is 10.3. The van der Waals surface area contributed by atoms with Crippen molar-refractivity contribution in [1.82, 2.24) is 29.9 Å². The molecule has 4 heterocycles. The second-order valence-electron chi connectivity index (χ2n) is 10.4. The molecule has 1 unspecified atom stereocenters. The lowest BCUT2D eigenvalue weighted by Crippen LogP contribution is -2.43. The number of carbonyl (C=O) groups excluding carboxylic acids is 2. The van der Waals surface area contributed by atoms with E-state index in [0.29, 0.717) is 12.6 Å². The van der Waals surface area contributed by atoms with Gasteiger partial charge in [-0.25, -0.2) is 9.59 Å². The summed E-state index contributed by atoms with van der Waals surface area (Å²) in [4.78, 5) is 33.7. The first-order valence-electron chi connectivity index (χ1n) is 13.0. The Morgan fingerprint density at radius 2 is 2.03 bits per heavy atom. The van der Waals surface area contributed by atoms with E-state index in [1.807, 2.05) is 48.2 Å². The summed E-state index contributed by atoms with van der Waals surface area (Å²) in [6.07, 6.45) is 7.14. The fourth-order valence-electron chi connectivity index (χ4n) is 5.87. The highest BCUT2D eigenvalue weighted by Crippen LogP contribution is 2.44. The molecule has 2 N–H and O–H groups in total. The molecule has 4 amide bonds. The maximum absolute atomic E-state index is 12.8. The van der Waals surface area contributed by atoms with Gasteiger partial charge in [0.25, 0.3) is 0 Å². The van der Waals surface area contributed by atoms with Crippen molar-refractivity contribution in [3.8, 4) is 11.3 Å². The fourth-order valence-corrected chi connectivity index (χ4v) is 5.87. The average Bonchev–Trinajstić information content (AvgIpc) is 3.55. The Labute approximate surface area is 210 Å². The Kier molecular flexibility index (Phi) is 5.58. The van der Waals surface area contributed by atoms with E-state index in [2.05, 4.69) is 32.4 Å². The van der Waals surface area contributed by atoms with Crippen LogP contribution in [0.25, 0.3) is 22.2 Å². The zero-order valence-electron chi connectivity index (χ0n) is 21.0. The van der Waals surface area contributed by atoms with Crippen LogP contribution in [0.1, 0.15) is 44.7 Å². The molecular formula is C27H33N7O2. The fraction of sp³-hybridized carbons (Fsp3) is 0.481. The molecule has 9 heteroatoms. The number of nitrogens with zero attached hydrogens (tertiary/aromatic N) is 5. The lowest BCUT2D eigenvalue weighted by Gasteiger charge is -2.34. The molecule has 2 aromatic heterocycles. The third kappa shape index (κ3) is 3.77. The number of hydrogen-bond donors (Lipinski definition) is 2. The smallest absolute Gasteiger partial charge is 0.321 e. The first-order valence-corrected chi connectivity index (χ1v) is 13.0. The van der Waals surface area contributed by atoms with Crippen LogP contribution >= 0.6 is 0 Å². The number of fused-ring (bicyclic) bond motifs is 3. The van der Waals surface area contributed by atoms with E-state index in [1.54, 1.807) is 0 Å². The molecule has 0 radical (unpaired) electrons. The molecule has 1 saturated carbocycles. The van der Waals surface area contributed by atoms with E-state index in [4.69, 9.17) is 5.10 Å². The van der Waals surface area contributed by atoms with Crippen LogP contribution in [-0.2, 0) is 12.0 Å². The Hall–Kier alpha value is -3.62. The summed E-state index contributed by atoms with van der Waals surface area (Å²) in [5.41, 5.74) is 4.56. The van der Waals surface area contributed by atoms with Crippen LogP contribution in [0, 0.1) is 0 Å². The zero-order chi connectivity index (χ0) is 24.9. The van der Waals surface area contributed by atoms with Crippen LogP contribution in [0.15, 0.2) is 36.5 Å². The Bertz CT molecular complexity index is 1330. The van der Waals surface area contributed by atoms with Gasteiger partial charge in [0.05, 0.1) is 16.9 Å². The molecule has 1 atom stereocenters. The quantitative estimate of drug-likeness (QED) is 0.577. The molecule has 36 heavy (non-hydrogen) atoms. The molecule has 1 aliphatic carbocycles. The molecular weight excluding hydrogens is 454 g/mol. The van der Waals surface area contributed by atoms with Crippen molar-refractivity contribution < 1.29 is 9.59 Å². The monoisotopic (exact) mass is 487 g/mol. The van der Waals surface area contributed by atoms with Crippen molar-refractivity contribution in [3.05, 3.63) is 42.2 Å². The molecule has 188 valence electrons. The number of rotatable bonds is 4. The van der Waals surface area contributed by atoms with E-state index >= 15 is 0 Å². The van der Waals surface area contributed by atoms with Crippen molar-refractivity contribution in [2.24, 2.45) is 0 Å². The SMILES string of the molecule is CCNC(=O)N1CCC2(CCn3nc(-c4cnc5cccc(NC(=O)N(C)C6CCC6)c5c4)cc32)C1. The number of anilines is 1. The molecule has 1 saturated heterocycles. The second kappa shape index (κ2) is 8.80.